The van der Waals surface area contributed by atoms with Crippen LogP contribution in [0.5, 0.6) is 0 Å². The fourth-order valence-corrected chi connectivity index (χ4v) is 2.06. The lowest BCUT2D eigenvalue weighted by atomic mass is 10.1. The van der Waals surface area contributed by atoms with Crippen LogP contribution < -0.4 is 10.6 Å². The molecular weight excluding hydrogens is 320 g/mol. The second-order valence-corrected chi connectivity index (χ2v) is 4.73. The molecule has 23 heavy (non-hydrogen) atoms. The number of amides is 1. The first kappa shape index (κ1) is 18.7. The highest BCUT2D eigenvalue weighted by Gasteiger charge is 2.20. The Balaban J connectivity index is 0.00000264. The van der Waals surface area contributed by atoms with E-state index in [9.17, 15) is 9.59 Å². The molecule has 0 radical (unpaired) electrons. The third-order valence-electron chi connectivity index (χ3n) is 3.18. The quantitative estimate of drug-likeness (QED) is 0.807. The summed E-state index contributed by atoms with van der Waals surface area (Å²) < 4.78 is 6.26. The molecule has 0 aliphatic carbocycles. The lowest BCUT2D eigenvalue weighted by molar-refractivity contribution is -0.118. The zero-order chi connectivity index (χ0) is 16.1. The molecule has 1 aromatic heterocycles. The number of rotatable bonds is 5. The van der Waals surface area contributed by atoms with E-state index in [2.05, 4.69) is 20.5 Å². The van der Waals surface area contributed by atoms with Gasteiger partial charge in [-0.1, -0.05) is 0 Å². The number of aryl methyl sites for hydroxylation is 1. The minimum absolute atomic E-state index is 0. The van der Waals surface area contributed by atoms with E-state index in [4.69, 9.17) is 0 Å². The topological polar surface area (TPSA) is 85.2 Å². The van der Waals surface area contributed by atoms with Crippen LogP contribution in [0.15, 0.2) is 36.7 Å². The lowest BCUT2D eigenvalue weighted by Crippen LogP contribution is -2.30. The second kappa shape index (κ2) is 8.30. The molecule has 2 aromatic rings. The number of halogens is 1. The molecule has 0 aliphatic heterocycles. The molecule has 1 amide bonds. The summed E-state index contributed by atoms with van der Waals surface area (Å²) in [6, 6.07) is 5.99. The predicted molar refractivity (Wildman–Crippen MR) is 88.7 cm³/mol. The number of carbonyl (C=O) groups is 2. The molecule has 1 aromatic carbocycles. The third kappa shape index (κ3) is 4.54. The normalized spacial score (nSPS) is 11.3. The number of nitrogens with zero attached hydrogens (tertiary/aromatic N) is 2. The zero-order valence-electron chi connectivity index (χ0n) is 13.1. The summed E-state index contributed by atoms with van der Waals surface area (Å²) in [5.41, 5.74) is 1.80. The van der Waals surface area contributed by atoms with Crippen molar-refractivity contribution in [3.63, 3.8) is 0 Å². The van der Waals surface area contributed by atoms with Crippen LogP contribution >= 0.6 is 12.4 Å². The molecule has 0 aliphatic rings. The molecule has 0 bridgehead atoms. The largest absolute Gasteiger partial charge is 0.465 e. The van der Waals surface area contributed by atoms with E-state index in [0.717, 1.165) is 5.56 Å². The summed E-state index contributed by atoms with van der Waals surface area (Å²) in [6.07, 6.45) is 3.42. The summed E-state index contributed by atoms with van der Waals surface area (Å²) in [7, 11) is 4.82. The molecule has 1 unspecified atom stereocenters. The van der Waals surface area contributed by atoms with E-state index < -0.39 is 12.0 Å². The van der Waals surface area contributed by atoms with Crippen molar-refractivity contribution in [2.45, 2.75) is 6.04 Å². The highest BCUT2D eigenvalue weighted by molar-refractivity contribution is 5.96. The van der Waals surface area contributed by atoms with Crippen molar-refractivity contribution >= 4 is 30.0 Å². The molecule has 0 spiro atoms. The van der Waals surface area contributed by atoms with Gasteiger partial charge in [-0.15, -0.1) is 12.4 Å². The molecular formula is C15H19ClN4O3. The van der Waals surface area contributed by atoms with Crippen LogP contribution in [0, 0.1) is 0 Å². The van der Waals surface area contributed by atoms with Crippen molar-refractivity contribution < 1.29 is 14.3 Å². The number of esters is 1. The van der Waals surface area contributed by atoms with Crippen LogP contribution in [-0.4, -0.2) is 35.8 Å². The molecule has 8 heteroatoms. The number of hydrogen-bond acceptors (Lipinski definition) is 5. The van der Waals surface area contributed by atoms with Gasteiger partial charge in [-0.3, -0.25) is 9.48 Å². The van der Waals surface area contributed by atoms with Crippen LogP contribution in [0.2, 0.25) is 0 Å². The standard InChI is InChI=1S/C15H18N4O3.ClH/c1-16-13(11-8-17-19(2)9-11)14(20)18-12-6-4-10(5-7-12)15(21)22-3;/h4-9,13,16H,1-3H3,(H,18,20);1H. The van der Waals surface area contributed by atoms with E-state index in [1.54, 1.807) is 55.4 Å². The van der Waals surface area contributed by atoms with Crippen molar-refractivity contribution in [1.82, 2.24) is 15.1 Å². The van der Waals surface area contributed by atoms with Gasteiger partial charge >= 0.3 is 5.97 Å². The smallest absolute Gasteiger partial charge is 0.337 e. The first-order chi connectivity index (χ1) is 10.5. The number of ether oxygens (including phenoxy) is 1. The number of benzene rings is 1. The fraction of sp³-hybridized carbons (Fsp3) is 0.267. The SMILES string of the molecule is CNC(C(=O)Nc1ccc(C(=O)OC)cc1)c1cnn(C)c1.Cl. The summed E-state index contributed by atoms with van der Waals surface area (Å²) >= 11 is 0. The van der Waals surface area contributed by atoms with Gasteiger partial charge in [0, 0.05) is 24.5 Å². The maximum atomic E-state index is 12.3. The Morgan fingerprint density at radius 2 is 1.91 bits per heavy atom. The molecule has 1 atom stereocenters. The Bertz CT molecular complexity index is 670. The van der Waals surface area contributed by atoms with Gasteiger partial charge in [0.05, 0.1) is 18.9 Å². The minimum Gasteiger partial charge on any atom is -0.465 e. The Hall–Kier alpha value is -2.38. The number of nitrogens with one attached hydrogen (secondary N) is 2. The van der Waals surface area contributed by atoms with Gasteiger partial charge in [0.15, 0.2) is 0 Å². The molecule has 2 rings (SSSR count). The average molecular weight is 339 g/mol. The van der Waals surface area contributed by atoms with Gasteiger partial charge in [-0.2, -0.15) is 5.10 Å². The Morgan fingerprint density at radius 1 is 1.26 bits per heavy atom. The van der Waals surface area contributed by atoms with Gasteiger partial charge in [0.2, 0.25) is 5.91 Å². The van der Waals surface area contributed by atoms with Gasteiger partial charge in [0.25, 0.3) is 0 Å². The molecule has 0 saturated heterocycles. The number of methoxy groups -OCH3 is 1. The highest BCUT2D eigenvalue weighted by Crippen LogP contribution is 2.16. The van der Waals surface area contributed by atoms with E-state index in [-0.39, 0.29) is 18.3 Å². The number of anilines is 1. The first-order valence-corrected chi connectivity index (χ1v) is 6.70. The van der Waals surface area contributed by atoms with Crippen LogP contribution in [0.4, 0.5) is 5.69 Å². The third-order valence-corrected chi connectivity index (χ3v) is 3.18. The average Bonchev–Trinajstić information content (AvgIpc) is 2.94. The fourth-order valence-electron chi connectivity index (χ4n) is 2.06. The van der Waals surface area contributed by atoms with Crippen LogP contribution in [-0.2, 0) is 16.6 Å². The molecule has 0 fully saturated rings. The van der Waals surface area contributed by atoms with Crippen LogP contribution in [0.3, 0.4) is 0 Å². The molecule has 124 valence electrons. The number of aromatic nitrogens is 2. The van der Waals surface area contributed by atoms with E-state index >= 15 is 0 Å². The minimum atomic E-state index is -0.506. The Kier molecular flexibility index (Phi) is 6.74. The zero-order valence-corrected chi connectivity index (χ0v) is 13.9. The van der Waals surface area contributed by atoms with E-state index in [0.29, 0.717) is 11.3 Å². The highest BCUT2D eigenvalue weighted by atomic mass is 35.5. The van der Waals surface area contributed by atoms with Crippen molar-refractivity contribution in [2.24, 2.45) is 7.05 Å². The summed E-state index contributed by atoms with van der Waals surface area (Å²) in [5.74, 6) is -0.623. The number of likely N-dealkylation sites (N-methyl/N-ethyl adjacent to an activating group) is 1. The maximum Gasteiger partial charge on any atom is 0.337 e. The van der Waals surface area contributed by atoms with Gasteiger partial charge < -0.3 is 15.4 Å². The van der Waals surface area contributed by atoms with Crippen LogP contribution in [0.25, 0.3) is 0 Å². The van der Waals surface area contributed by atoms with Gasteiger partial charge in [-0.05, 0) is 31.3 Å². The summed E-state index contributed by atoms with van der Waals surface area (Å²) in [4.78, 5) is 23.7. The predicted octanol–water partition coefficient (Wildman–Crippen LogP) is 1.53. The van der Waals surface area contributed by atoms with Crippen molar-refractivity contribution in [3.05, 3.63) is 47.8 Å². The summed E-state index contributed by atoms with van der Waals surface area (Å²) in [5, 5.41) is 9.81. The van der Waals surface area contributed by atoms with Crippen LogP contribution in [0.1, 0.15) is 22.0 Å². The van der Waals surface area contributed by atoms with Crippen molar-refractivity contribution in [2.75, 3.05) is 19.5 Å². The second-order valence-electron chi connectivity index (χ2n) is 4.73. The monoisotopic (exact) mass is 338 g/mol. The van der Waals surface area contributed by atoms with Crippen molar-refractivity contribution in [3.8, 4) is 0 Å². The van der Waals surface area contributed by atoms with Crippen molar-refractivity contribution in [1.29, 1.82) is 0 Å². The lowest BCUT2D eigenvalue weighted by Gasteiger charge is -2.14. The van der Waals surface area contributed by atoms with E-state index in [1.165, 1.54) is 7.11 Å². The van der Waals surface area contributed by atoms with E-state index in [1.807, 2.05) is 0 Å². The number of carbonyl (C=O) groups excluding carboxylic acids is 2. The Labute approximate surface area is 140 Å². The first-order valence-electron chi connectivity index (χ1n) is 6.70. The molecule has 1 heterocycles. The molecule has 0 saturated carbocycles. The molecule has 2 N–H and O–H groups in total. The van der Waals surface area contributed by atoms with Gasteiger partial charge in [0.1, 0.15) is 6.04 Å². The summed E-state index contributed by atoms with van der Waals surface area (Å²) in [6.45, 7) is 0. The molecule has 7 nitrogen and oxygen atoms in total. The van der Waals surface area contributed by atoms with Gasteiger partial charge in [-0.25, -0.2) is 4.79 Å². The number of hydrogen-bond donors (Lipinski definition) is 2. The Morgan fingerprint density at radius 3 is 2.39 bits per heavy atom. The maximum absolute atomic E-state index is 12.3.